The Balaban J connectivity index is 2.29. The van der Waals surface area contributed by atoms with Crippen LogP contribution in [0.1, 0.15) is 34.9 Å². The summed E-state index contributed by atoms with van der Waals surface area (Å²) in [7, 11) is 0. The second kappa shape index (κ2) is 3.89. The van der Waals surface area contributed by atoms with Crippen molar-refractivity contribution in [2.24, 2.45) is 11.8 Å². The number of hydrogen-bond acceptors (Lipinski definition) is 0. The van der Waals surface area contributed by atoms with Gasteiger partial charge in [0.15, 0.2) is 0 Å². The minimum atomic E-state index is -0.0673. The SMILES string of the molecule is Cc1cc(C(Br)C2CC2C)cc(C)c1F. The van der Waals surface area contributed by atoms with Crippen LogP contribution in [0.3, 0.4) is 0 Å². The minimum absolute atomic E-state index is 0.0673. The second-order valence-corrected chi connectivity index (χ2v) is 5.73. The predicted octanol–water partition coefficient (Wildman–Crippen LogP) is 4.53. The lowest BCUT2D eigenvalue weighted by Gasteiger charge is -2.12. The van der Waals surface area contributed by atoms with Gasteiger partial charge in [-0.05, 0) is 48.8 Å². The third kappa shape index (κ3) is 2.10. The van der Waals surface area contributed by atoms with Crippen molar-refractivity contribution in [3.8, 4) is 0 Å². The van der Waals surface area contributed by atoms with E-state index >= 15 is 0 Å². The molecular formula is C13H16BrF. The van der Waals surface area contributed by atoms with Crippen molar-refractivity contribution in [2.75, 3.05) is 0 Å². The molecule has 15 heavy (non-hydrogen) atoms. The molecule has 1 aliphatic rings. The standard InChI is InChI=1S/C13H16BrF/c1-7-6-11(7)12(14)10-4-8(2)13(15)9(3)5-10/h4-5,7,11-12H,6H2,1-3H3. The van der Waals surface area contributed by atoms with Gasteiger partial charge in [-0.25, -0.2) is 4.39 Å². The lowest BCUT2D eigenvalue weighted by molar-refractivity contribution is 0.607. The molecular weight excluding hydrogens is 255 g/mol. The van der Waals surface area contributed by atoms with E-state index in [1.165, 1.54) is 12.0 Å². The van der Waals surface area contributed by atoms with E-state index in [1.54, 1.807) is 0 Å². The quantitative estimate of drug-likeness (QED) is 0.693. The van der Waals surface area contributed by atoms with Crippen LogP contribution in [0.2, 0.25) is 0 Å². The van der Waals surface area contributed by atoms with Gasteiger partial charge in [0.2, 0.25) is 0 Å². The van der Waals surface area contributed by atoms with Crippen molar-refractivity contribution >= 4 is 15.9 Å². The van der Waals surface area contributed by atoms with Crippen LogP contribution in [0.15, 0.2) is 12.1 Å². The molecule has 1 aromatic carbocycles. The molecule has 0 radical (unpaired) electrons. The van der Waals surface area contributed by atoms with Gasteiger partial charge in [0.1, 0.15) is 5.82 Å². The maximum absolute atomic E-state index is 13.5. The van der Waals surface area contributed by atoms with Gasteiger partial charge in [-0.3, -0.25) is 0 Å². The first kappa shape index (κ1) is 11.1. The molecule has 0 aliphatic heterocycles. The Morgan fingerprint density at radius 3 is 2.20 bits per heavy atom. The van der Waals surface area contributed by atoms with Crippen LogP contribution in [-0.4, -0.2) is 0 Å². The summed E-state index contributed by atoms with van der Waals surface area (Å²) < 4.78 is 13.5. The molecule has 1 saturated carbocycles. The van der Waals surface area contributed by atoms with Crippen molar-refractivity contribution in [3.05, 3.63) is 34.6 Å². The van der Waals surface area contributed by atoms with E-state index in [0.717, 1.165) is 23.0 Å². The Morgan fingerprint density at radius 1 is 1.33 bits per heavy atom. The lowest BCUT2D eigenvalue weighted by Crippen LogP contribution is -1.98. The van der Waals surface area contributed by atoms with Gasteiger partial charge >= 0.3 is 0 Å². The average Bonchev–Trinajstić information content (AvgIpc) is 2.90. The zero-order valence-corrected chi connectivity index (χ0v) is 10.9. The van der Waals surface area contributed by atoms with Crippen LogP contribution in [0.4, 0.5) is 4.39 Å². The maximum Gasteiger partial charge on any atom is 0.129 e. The summed E-state index contributed by atoms with van der Waals surface area (Å²) in [5, 5.41) is 0. The number of aryl methyl sites for hydroxylation is 2. The number of halogens is 2. The Labute approximate surface area is 99.0 Å². The van der Waals surface area contributed by atoms with Gasteiger partial charge in [0, 0.05) is 4.83 Å². The van der Waals surface area contributed by atoms with Crippen LogP contribution in [0.5, 0.6) is 0 Å². The van der Waals surface area contributed by atoms with Crippen molar-refractivity contribution in [1.82, 2.24) is 0 Å². The molecule has 0 heterocycles. The normalized spacial score (nSPS) is 26.5. The van der Waals surface area contributed by atoms with Crippen LogP contribution in [0, 0.1) is 31.5 Å². The molecule has 0 spiro atoms. The molecule has 0 bridgehead atoms. The molecule has 1 aliphatic carbocycles. The molecule has 1 fully saturated rings. The number of hydrogen-bond donors (Lipinski definition) is 0. The molecule has 0 nitrogen and oxygen atoms in total. The Kier molecular flexibility index (Phi) is 2.89. The van der Waals surface area contributed by atoms with E-state index in [-0.39, 0.29) is 5.82 Å². The van der Waals surface area contributed by atoms with E-state index in [0.29, 0.717) is 4.83 Å². The highest BCUT2D eigenvalue weighted by atomic mass is 79.9. The van der Waals surface area contributed by atoms with Crippen LogP contribution in [-0.2, 0) is 0 Å². The monoisotopic (exact) mass is 270 g/mol. The zero-order valence-electron chi connectivity index (χ0n) is 9.35. The van der Waals surface area contributed by atoms with Gasteiger partial charge in [-0.2, -0.15) is 0 Å². The number of benzene rings is 1. The van der Waals surface area contributed by atoms with Gasteiger partial charge in [-0.15, -0.1) is 0 Å². The van der Waals surface area contributed by atoms with Crippen molar-refractivity contribution in [3.63, 3.8) is 0 Å². The van der Waals surface area contributed by atoms with Crippen molar-refractivity contribution < 1.29 is 4.39 Å². The topological polar surface area (TPSA) is 0 Å². The fourth-order valence-electron chi connectivity index (χ4n) is 2.14. The highest BCUT2D eigenvalue weighted by Crippen LogP contribution is 2.51. The average molecular weight is 271 g/mol. The first-order valence-electron chi connectivity index (χ1n) is 5.41. The third-order valence-corrected chi connectivity index (χ3v) is 4.53. The molecule has 3 unspecified atom stereocenters. The smallest absolute Gasteiger partial charge is 0.129 e. The number of alkyl halides is 1. The molecule has 3 atom stereocenters. The molecule has 2 rings (SSSR count). The summed E-state index contributed by atoms with van der Waals surface area (Å²) in [5.74, 6) is 1.47. The maximum atomic E-state index is 13.5. The molecule has 0 saturated heterocycles. The molecule has 1 aromatic rings. The third-order valence-electron chi connectivity index (χ3n) is 3.32. The summed E-state index contributed by atoms with van der Waals surface area (Å²) >= 11 is 3.72. The van der Waals surface area contributed by atoms with E-state index in [9.17, 15) is 4.39 Å². The molecule has 0 aromatic heterocycles. The van der Waals surface area contributed by atoms with E-state index in [1.807, 2.05) is 26.0 Å². The van der Waals surface area contributed by atoms with Crippen molar-refractivity contribution in [1.29, 1.82) is 0 Å². The van der Waals surface area contributed by atoms with Gasteiger partial charge in [0.05, 0.1) is 0 Å². The van der Waals surface area contributed by atoms with Crippen LogP contribution >= 0.6 is 15.9 Å². The lowest BCUT2D eigenvalue weighted by atomic mass is 10.0. The predicted molar refractivity (Wildman–Crippen MR) is 64.8 cm³/mol. The number of rotatable bonds is 2. The Hall–Kier alpha value is -0.370. The summed E-state index contributed by atoms with van der Waals surface area (Å²) in [4.78, 5) is 0.394. The summed E-state index contributed by atoms with van der Waals surface area (Å²) in [6.07, 6.45) is 1.28. The fraction of sp³-hybridized carbons (Fsp3) is 0.538. The molecule has 2 heteroatoms. The second-order valence-electron chi connectivity index (χ2n) is 4.75. The molecule has 0 amide bonds. The van der Waals surface area contributed by atoms with E-state index in [2.05, 4.69) is 22.9 Å². The van der Waals surface area contributed by atoms with E-state index < -0.39 is 0 Å². The molecule has 82 valence electrons. The van der Waals surface area contributed by atoms with Gasteiger partial charge in [0.25, 0.3) is 0 Å². The Bertz CT molecular complexity index is 363. The Morgan fingerprint density at radius 2 is 1.80 bits per heavy atom. The zero-order chi connectivity index (χ0) is 11.2. The highest BCUT2D eigenvalue weighted by Gasteiger charge is 2.39. The largest absolute Gasteiger partial charge is 0.206 e. The molecule has 0 N–H and O–H groups in total. The highest BCUT2D eigenvalue weighted by molar-refractivity contribution is 9.09. The fourth-order valence-corrected chi connectivity index (χ4v) is 3.15. The summed E-state index contributed by atoms with van der Waals surface area (Å²) in [5.41, 5.74) is 2.73. The van der Waals surface area contributed by atoms with Crippen LogP contribution < -0.4 is 0 Å². The van der Waals surface area contributed by atoms with Crippen molar-refractivity contribution in [2.45, 2.75) is 32.0 Å². The van der Waals surface area contributed by atoms with Gasteiger partial charge < -0.3 is 0 Å². The van der Waals surface area contributed by atoms with Gasteiger partial charge in [-0.1, -0.05) is 35.0 Å². The van der Waals surface area contributed by atoms with Crippen LogP contribution in [0.25, 0.3) is 0 Å². The first-order valence-corrected chi connectivity index (χ1v) is 6.33. The van der Waals surface area contributed by atoms with E-state index in [4.69, 9.17) is 0 Å². The minimum Gasteiger partial charge on any atom is -0.206 e. The summed E-state index contributed by atoms with van der Waals surface area (Å²) in [6, 6.07) is 3.93. The first-order chi connectivity index (χ1) is 7.00. The summed E-state index contributed by atoms with van der Waals surface area (Å²) in [6.45, 7) is 5.94.